The molecule has 1 atom stereocenters. The summed E-state index contributed by atoms with van der Waals surface area (Å²) in [5.74, 6) is 0.392. The molecule has 0 bridgehead atoms. The van der Waals surface area contributed by atoms with Gasteiger partial charge in [-0.1, -0.05) is 48.5 Å². The van der Waals surface area contributed by atoms with Gasteiger partial charge in [-0.15, -0.1) is 0 Å². The number of primary amides is 1. The number of ether oxygens (including phenoxy) is 1. The van der Waals surface area contributed by atoms with E-state index in [-0.39, 0.29) is 5.91 Å². The van der Waals surface area contributed by atoms with Crippen molar-refractivity contribution in [3.8, 4) is 5.75 Å². The molecular formula is C18H21N3O3. The van der Waals surface area contributed by atoms with Gasteiger partial charge in [0, 0.05) is 18.5 Å². The van der Waals surface area contributed by atoms with Crippen LogP contribution in [0.1, 0.15) is 11.1 Å². The van der Waals surface area contributed by atoms with E-state index < -0.39 is 12.1 Å². The smallest absolute Gasteiger partial charge is 0.312 e. The average molecular weight is 327 g/mol. The summed E-state index contributed by atoms with van der Waals surface area (Å²) < 4.78 is 5.26. The molecule has 0 fully saturated rings. The van der Waals surface area contributed by atoms with Gasteiger partial charge in [0.1, 0.15) is 11.8 Å². The number of nitrogens with one attached hydrogen (secondary N) is 2. The predicted octanol–water partition coefficient (Wildman–Crippen LogP) is 1.59. The second-order valence-electron chi connectivity index (χ2n) is 5.28. The lowest BCUT2D eigenvalue weighted by atomic mass is 10.1. The molecule has 126 valence electrons. The number of nitrogens with two attached hydrogens (primary N) is 1. The Morgan fingerprint density at radius 1 is 1.08 bits per heavy atom. The maximum Gasteiger partial charge on any atom is 0.312 e. The Balaban J connectivity index is 2.03. The van der Waals surface area contributed by atoms with Crippen molar-refractivity contribution < 1.29 is 14.3 Å². The molecule has 2 aromatic carbocycles. The second-order valence-corrected chi connectivity index (χ2v) is 5.28. The zero-order valence-electron chi connectivity index (χ0n) is 13.5. The Morgan fingerprint density at radius 3 is 2.42 bits per heavy atom. The number of hydrogen-bond donors (Lipinski definition) is 3. The fourth-order valence-corrected chi connectivity index (χ4v) is 2.39. The summed E-state index contributed by atoms with van der Waals surface area (Å²) in [5.41, 5.74) is 6.97. The molecule has 0 spiro atoms. The molecule has 0 aliphatic heterocycles. The van der Waals surface area contributed by atoms with Gasteiger partial charge < -0.3 is 21.1 Å². The topological polar surface area (TPSA) is 93.4 Å². The van der Waals surface area contributed by atoms with Crippen LogP contribution in [0.2, 0.25) is 0 Å². The summed E-state index contributed by atoms with van der Waals surface area (Å²) >= 11 is 0. The molecule has 6 heteroatoms. The Kier molecular flexibility index (Phi) is 6.19. The Hall–Kier alpha value is -3.02. The van der Waals surface area contributed by atoms with Gasteiger partial charge in [0.15, 0.2) is 0 Å². The van der Waals surface area contributed by atoms with Crippen LogP contribution in [-0.4, -0.2) is 25.1 Å². The lowest BCUT2D eigenvalue weighted by Gasteiger charge is -2.18. The van der Waals surface area contributed by atoms with Gasteiger partial charge >= 0.3 is 6.03 Å². The molecule has 0 aliphatic carbocycles. The van der Waals surface area contributed by atoms with Crippen LogP contribution >= 0.6 is 0 Å². The van der Waals surface area contributed by atoms with Gasteiger partial charge in [0.05, 0.1) is 7.11 Å². The van der Waals surface area contributed by atoms with Gasteiger partial charge in [0.2, 0.25) is 5.91 Å². The number of amides is 3. The summed E-state index contributed by atoms with van der Waals surface area (Å²) in [6.07, 6.45) is 0.363. The van der Waals surface area contributed by atoms with Crippen molar-refractivity contribution in [2.45, 2.75) is 19.0 Å². The molecule has 0 saturated heterocycles. The summed E-state index contributed by atoms with van der Waals surface area (Å²) in [7, 11) is 1.58. The van der Waals surface area contributed by atoms with Gasteiger partial charge in [-0.05, 0) is 11.6 Å². The number of methoxy groups -OCH3 is 1. The fourth-order valence-electron chi connectivity index (χ4n) is 2.39. The molecule has 6 nitrogen and oxygen atoms in total. The second kappa shape index (κ2) is 8.57. The number of benzene rings is 2. The number of urea groups is 1. The van der Waals surface area contributed by atoms with E-state index in [1.807, 2.05) is 54.6 Å². The first-order chi connectivity index (χ1) is 11.6. The van der Waals surface area contributed by atoms with E-state index >= 15 is 0 Å². The minimum atomic E-state index is -0.736. The Bertz CT molecular complexity index is 689. The molecule has 0 aromatic heterocycles. The first kappa shape index (κ1) is 17.3. The average Bonchev–Trinajstić information content (AvgIpc) is 2.60. The third kappa shape index (κ3) is 5.01. The summed E-state index contributed by atoms with van der Waals surface area (Å²) in [4.78, 5) is 23.6. The van der Waals surface area contributed by atoms with E-state index in [1.165, 1.54) is 0 Å². The van der Waals surface area contributed by atoms with Crippen molar-refractivity contribution in [1.82, 2.24) is 10.6 Å². The van der Waals surface area contributed by atoms with E-state index in [0.717, 1.165) is 11.1 Å². The molecule has 0 saturated carbocycles. The number of rotatable bonds is 7. The van der Waals surface area contributed by atoms with Crippen LogP contribution in [-0.2, 0) is 17.8 Å². The predicted molar refractivity (Wildman–Crippen MR) is 91.5 cm³/mol. The lowest BCUT2D eigenvalue weighted by molar-refractivity contribution is -0.123. The van der Waals surface area contributed by atoms with E-state index in [9.17, 15) is 9.59 Å². The summed E-state index contributed by atoms with van der Waals surface area (Å²) in [5, 5.41) is 5.30. The third-order valence-electron chi connectivity index (χ3n) is 3.56. The van der Waals surface area contributed by atoms with Crippen molar-refractivity contribution in [2.75, 3.05) is 7.11 Å². The molecule has 0 aliphatic rings. The number of carbonyl (C=O) groups excluding carboxylic acids is 2. The van der Waals surface area contributed by atoms with Crippen molar-refractivity contribution in [3.63, 3.8) is 0 Å². The largest absolute Gasteiger partial charge is 0.496 e. The molecule has 3 amide bonds. The maximum absolute atomic E-state index is 12.4. The van der Waals surface area contributed by atoms with Crippen LogP contribution in [0, 0.1) is 0 Å². The van der Waals surface area contributed by atoms with E-state index in [4.69, 9.17) is 10.5 Å². The van der Waals surface area contributed by atoms with Crippen molar-refractivity contribution in [3.05, 3.63) is 65.7 Å². The number of para-hydroxylation sites is 1. The fraction of sp³-hybridized carbons (Fsp3) is 0.222. The summed E-state index contributed by atoms with van der Waals surface area (Å²) in [6, 6.07) is 15.4. The molecule has 24 heavy (non-hydrogen) atoms. The Morgan fingerprint density at radius 2 is 1.75 bits per heavy atom. The third-order valence-corrected chi connectivity index (χ3v) is 3.56. The minimum Gasteiger partial charge on any atom is -0.496 e. The highest BCUT2D eigenvalue weighted by atomic mass is 16.5. The van der Waals surface area contributed by atoms with Crippen LogP contribution < -0.4 is 21.1 Å². The zero-order chi connectivity index (χ0) is 17.4. The highest BCUT2D eigenvalue weighted by molar-refractivity contribution is 5.86. The lowest BCUT2D eigenvalue weighted by Crippen LogP contribution is -2.49. The van der Waals surface area contributed by atoms with Gasteiger partial charge in [-0.2, -0.15) is 0 Å². The van der Waals surface area contributed by atoms with Crippen molar-refractivity contribution in [2.24, 2.45) is 5.73 Å². The van der Waals surface area contributed by atoms with Crippen LogP contribution in [0.5, 0.6) is 5.75 Å². The minimum absolute atomic E-state index is 0.300. The van der Waals surface area contributed by atoms with Crippen molar-refractivity contribution in [1.29, 1.82) is 0 Å². The Labute approximate surface area is 141 Å². The van der Waals surface area contributed by atoms with E-state index in [2.05, 4.69) is 10.6 Å². The van der Waals surface area contributed by atoms with Gasteiger partial charge in [-0.3, -0.25) is 4.79 Å². The monoisotopic (exact) mass is 327 g/mol. The number of hydrogen-bond acceptors (Lipinski definition) is 3. The van der Waals surface area contributed by atoms with Crippen LogP contribution in [0.15, 0.2) is 54.6 Å². The quantitative estimate of drug-likeness (QED) is 0.721. The SMILES string of the molecule is COc1ccccc1CNC(=O)[C@@H](Cc1ccccc1)NC(N)=O. The molecule has 0 radical (unpaired) electrons. The molecule has 2 aromatic rings. The molecular weight excluding hydrogens is 306 g/mol. The van der Waals surface area contributed by atoms with E-state index in [0.29, 0.717) is 18.7 Å². The molecule has 2 rings (SSSR count). The molecule has 0 heterocycles. The zero-order valence-corrected chi connectivity index (χ0v) is 13.5. The molecule has 4 N–H and O–H groups in total. The molecule has 0 unspecified atom stereocenters. The van der Waals surface area contributed by atoms with Gasteiger partial charge in [0.25, 0.3) is 0 Å². The van der Waals surface area contributed by atoms with E-state index in [1.54, 1.807) is 7.11 Å². The van der Waals surface area contributed by atoms with Gasteiger partial charge in [-0.25, -0.2) is 4.79 Å². The standard InChI is InChI=1S/C18H21N3O3/c1-24-16-10-6-5-9-14(16)12-20-17(22)15(21-18(19)23)11-13-7-3-2-4-8-13/h2-10,15H,11-12H2,1H3,(H,20,22)(H3,19,21,23)/t15-/m1/s1. The highest BCUT2D eigenvalue weighted by Gasteiger charge is 2.20. The van der Waals surface area contributed by atoms with Crippen molar-refractivity contribution >= 4 is 11.9 Å². The number of carbonyl (C=O) groups is 2. The normalized spacial score (nSPS) is 11.4. The highest BCUT2D eigenvalue weighted by Crippen LogP contribution is 2.16. The van der Waals surface area contributed by atoms with Crippen LogP contribution in [0.4, 0.5) is 4.79 Å². The van der Waals surface area contributed by atoms with Crippen LogP contribution in [0.3, 0.4) is 0 Å². The van der Waals surface area contributed by atoms with Crippen LogP contribution in [0.25, 0.3) is 0 Å². The first-order valence-electron chi connectivity index (χ1n) is 7.59. The first-order valence-corrected chi connectivity index (χ1v) is 7.59. The summed E-state index contributed by atoms with van der Waals surface area (Å²) in [6.45, 7) is 0.300. The maximum atomic E-state index is 12.4.